The Morgan fingerprint density at radius 3 is 1.95 bits per heavy atom. The van der Waals surface area contributed by atoms with Crippen LogP contribution in [0.3, 0.4) is 0 Å². The molecule has 0 heterocycles. The lowest BCUT2D eigenvalue weighted by molar-refractivity contribution is -0.160. The van der Waals surface area contributed by atoms with Crippen LogP contribution in [0, 0.1) is 5.41 Å². The standard InChI is InChI=1S/C14H12O4.2ClH/c15-12(16)14(13(17)18)8-6-11(7-9-14)10-4-2-1-3-5-10;;/h1-8H,9H2,(H,15,16)(H,17,18);2*1H. The molecule has 0 saturated carbocycles. The Morgan fingerprint density at radius 2 is 1.55 bits per heavy atom. The highest BCUT2D eigenvalue weighted by molar-refractivity contribution is 6.02. The van der Waals surface area contributed by atoms with E-state index < -0.39 is 17.4 Å². The number of halogens is 2. The van der Waals surface area contributed by atoms with Crippen LogP contribution in [0.5, 0.6) is 0 Å². The van der Waals surface area contributed by atoms with Crippen LogP contribution >= 0.6 is 24.8 Å². The van der Waals surface area contributed by atoms with E-state index in [0.29, 0.717) is 0 Å². The van der Waals surface area contributed by atoms with Crippen LogP contribution in [0.15, 0.2) is 48.6 Å². The average Bonchev–Trinajstić information content (AvgIpc) is 2.39. The Kier molecular flexibility index (Phi) is 6.49. The third-order valence-electron chi connectivity index (χ3n) is 3.06. The molecule has 2 rings (SSSR count). The maximum atomic E-state index is 11.1. The predicted octanol–water partition coefficient (Wildman–Crippen LogP) is 3.03. The summed E-state index contributed by atoms with van der Waals surface area (Å²) < 4.78 is 0. The zero-order chi connectivity index (χ0) is 13.2. The molecule has 0 bridgehead atoms. The molecule has 1 aromatic rings. The van der Waals surface area contributed by atoms with E-state index >= 15 is 0 Å². The van der Waals surface area contributed by atoms with Gasteiger partial charge in [-0.05, 0) is 17.6 Å². The fourth-order valence-corrected chi connectivity index (χ4v) is 1.89. The number of carboxylic acids is 2. The summed E-state index contributed by atoms with van der Waals surface area (Å²) in [6.07, 6.45) is 4.41. The number of aliphatic carboxylic acids is 2. The lowest BCUT2D eigenvalue weighted by atomic mass is 9.79. The fourth-order valence-electron chi connectivity index (χ4n) is 1.89. The molecule has 20 heavy (non-hydrogen) atoms. The number of allylic oxidation sites excluding steroid dienone is 3. The highest BCUT2D eigenvalue weighted by atomic mass is 35.5. The van der Waals surface area contributed by atoms with Crippen LogP contribution < -0.4 is 0 Å². The van der Waals surface area contributed by atoms with Crippen LogP contribution in [0.1, 0.15) is 12.0 Å². The van der Waals surface area contributed by atoms with Crippen molar-refractivity contribution >= 4 is 42.3 Å². The summed E-state index contributed by atoms with van der Waals surface area (Å²) in [6, 6.07) is 9.42. The molecule has 2 N–H and O–H groups in total. The van der Waals surface area contributed by atoms with E-state index in [1.54, 1.807) is 12.2 Å². The molecule has 4 nitrogen and oxygen atoms in total. The topological polar surface area (TPSA) is 74.6 Å². The van der Waals surface area contributed by atoms with Crippen LogP contribution in [-0.4, -0.2) is 22.2 Å². The fraction of sp³-hybridized carbons (Fsp3) is 0.143. The Bertz CT molecular complexity index is 536. The lowest BCUT2D eigenvalue weighted by Crippen LogP contribution is -2.38. The number of carboxylic acid groups (broad SMARTS) is 2. The molecule has 1 aliphatic rings. The zero-order valence-electron chi connectivity index (χ0n) is 10.4. The van der Waals surface area contributed by atoms with E-state index in [9.17, 15) is 9.59 Å². The maximum absolute atomic E-state index is 11.1. The highest BCUT2D eigenvalue weighted by Gasteiger charge is 2.44. The van der Waals surface area contributed by atoms with Crippen LogP contribution in [0.4, 0.5) is 0 Å². The molecule has 1 aromatic carbocycles. The summed E-state index contributed by atoms with van der Waals surface area (Å²) >= 11 is 0. The molecule has 0 fully saturated rings. The van der Waals surface area contributed by atoms with E-state index in [0.717, 1.165) is 11.1 Å². The van der Waals surface area contributed by atoms with E-state index in [2.05, 4.69) is 0 Å². The minimum absolute atomic E-state index is 0. The first-order valence-corrected chi connectivity index (χ1v) is 5.48. The van der Waals surface area contributed by atoms with Gasteiger partial charge in [0.1, 0.15) is 0 Å². The summed E-state index contributed by atoms with van der Waals surface area (Å²) in [5, 5.41) is 18.1. The second-order valence-electron chi connectivity index (χ2n) is 4.14. The monoisotopic (exact) mass is 316 g/mol. The molecule has 0 saturated heterocycles. The Balaban J connectivity index is 0.00000180. The van der Waals surface area contributed by atoms with Gasteiger partial charge in [0.15, 0.2) is 5.41 Å². The van der Waals surface area contributed by atoms with Gasteiger partial charge in [0.25, 0.3) is 0 Å². The van der Waals surface area contributed by atoms with E-state index in [4.69, 9.17) is 10.2 Å². The SMILES string of the molecule is Cl.Cl.O=C(O)C1(C(=O)O)C=CC(c2ccccc2)=CC1. The molecule has 0 aromatic heterocycles. The van der Waals surface area contributed by atoms with Gasteiger partial charge < -0.3 is 10.2 Å². The molecule has 1 aliphatic carbocycles. The smallest absolute Gasteiger partial charge is 0.325 e. The third-order valence-corrected chi connectivity index (χ3v) is 3.06. The van der Waals surface area contributed by atoms with Gasteiger partial charge in [-0.15, -0.1) is 24.8 Å². The molecule has 108 valence electrons. The van der Waals surface area contributed by atoms with E-state index in [-0.39, 0.29) is 31.2 Å². The summed E-state index contributed by atoms with van der Waals surface area (Å²) in [6.45, 7) is 0. The number of benzene rings is 1. The third kappa shape index (κ3) is 3.21. The number of rotatable bonds is 3. The highest BCUT2D eigenvalue weighted by Crippen LogP contribution is 2.33. The number of hydrogen-bond donors (Lipinski definition) is 2. The van der Waals surface area contributed by atoms with Gasteiger partial charge in [-0.3, -0.25) is 9.59 Å². The van der Waals surface area contributed by atoms with Crippen molar-refractivity contribution in [3.63, 3.8) is 0 Å². The minimum atomic E-state index is -1.84. The molecule has 0 spiro atoms. The molecule has 6 heteroatoms. The van der Waals surface area contributed by atoms with Crippen molar-refractivity contribution in [2.45, 2.75) is 6.42 Å². The lowest BCUT2D eigenvalue weighted by Gasteiger charge is -2.23. The molecule has 0 radical (unpaired) electrons. The van der Waals surface area contributed by atoms with Gasteiger partial charge in [-0.2, -0.15) is 0 Å². The van der Waals surface area contributed by atoms with Gasteiger partial charge in [0, 0.05) is 0 Å². The molecule has 0 aliphatic heterocycles. The first kappa shape index (κ1) is 18.2. The summed E-state index contributed by atoms with van der Waals surface area (Å²) in [5.41, 5.74) is -0.0509. The average molecular weight is 317 g/mol. The molecular formula is C14H14Cl2O4. The Labute approximate surface area is 128 Å². The van der Waals surface area contributed by atoms with Crippen LogP contribution in [-0.2, 0) is 9.59 Å². The van der Waals surface area contributed by atoms with Gasteiger partial charge in [0.05, 0.1) is 0 Å². The Hall–Kier alpha value is -1.78. The van der Waals surface area contributed by atoms with E-state index in [1.165, 1.54) is 6.08 Å². The number of hydrogen-bond acceptors (Lipinski definition) is 2. The van der Waals surface area contributed by atoms with Crippen molar-refractivity contribution < 1.29 is 19.8 Å². The van der Waals surface area contributed by atoms with Gasteiger partial charge >= 0.3 is 11.9 Å². The zero-order valence-corrected chi connectivity index (χ0v) is 12.0. The minimum Gasteiger partial charge on any atom is -0.480 e. The van der Waals surface area contributed by atoms with Crippen molar-refractivity contribution in [2.75, 3.05) is 0 Å². The van der Waals surface area contributed by atoms with Gasteiger partial charge in [-0.25, -0.2) is 0 Å². The van der Waals surface area contributed by atoms with Gasteiger partial charge in [0.2, 0.25) is 0 Å². The number of carbonyl (C=O) groups is 2. The Morgan fingerprint density at radius 1 is 1.00 bits per heavy atom. The van der Waals surface area contributed by atoms with Crippen molar-refractivity contribution in [2.24, 2.45) is 5.41 Å². The molecule has 0 unspecified atom stereocenters. The first-order chi connectivity index (χ1) is 8.56. The van der Waals surface area contributed by atoms with Crippen LogP contribution in [0.25, 0.3) is 5.57 Å². The van der Waals surface area contributed by atoms with Crippen molar-refractivity contribution in [1.29, 1.82) is 0 Å². The molecular weight excluding hydrogens is 303 g/mol. The summed E-state index contributed by atoms with van der Waals surface area (Å²) in [5.74, 6) is -2.68. The van der Waals surface area contributed by atoms with Crippen molar-refractivity contribution in [3.05, 3.63) is 54.1 Å². The second kappa shape index (κ2) is 7.12. The summed E-state index contributed by atoms with van der Waals surface area (Å²) in [7, 11) is 0. The normalized spacial score (nSPS) is 15.3. The van der Waals surface area contributed by atoms with E-state index in [1.807, 2.05) is 30.3 Å². The first-order valence-electron chi connectivity index (χ1n) is 5.48. The van der Waals surface area contributed by atoms with Gasteiger partial charge in [-0.1, -0.05) is 48.6 Å². The largest absolute Gasteiger partial charge is 0.480 e. The second-order valence-corrected chi connectivity index (χ2v) is 4.14. The van der Waals surface area contributed by atoms with Crippen LogP contribution in [0.2, 0.25) is 0 Å². The maximum Gasteiger partial charge on any atom is 0.325 e. The quantitative estimate of drug-likeness (QED) is 0.840. The van der Waals surface area contributed by atoms with Crippen molar-refractivity contribution in [1.82, 2.24) is 0 Å². The van der Waals surface area contributed by atoms with Crippen molar-refractivity contribution in [3.8, 4) is 0 Å². The molecule has 0 amide bonds. The summed E-state index contributed by atoms with van der Waals surface area (Å²) in [4.78, 5) is 22.2. The predicted molar refractivity (Wildman–Crippen MR) is 80.4 cm³/mol. The molecule has 0 atom stereocenters.